The number of aromatic nitrogens is 3. The third-order valence-electron chi connectivity index (χ3n) is 6.30. The second kappa shape index (κ2) is 8.55. The van der Waals surface area contributed by atoms with Gasteiger partial charge in [-0.05, 0) is 56.5 Å². The van der Waals surface area contributed by atoms with Gasteiger partial charge >= 0.3 is 0 Å². The van der Waals surface area contributed by atoms with Crippen molar-refractivity contribution in [3.8, 4) is 0 Å². The molecule has 9 heteroatoms. The number of H-pyrrole nitrogens is 1. The van der Waals surface area contributed by atoms with E-state index in [1.165, 1.54) is 6.07 Å². The van der Waals surface area contributed by atoms with Crippen molar-refractivity contribution in [1.29, 1.82) is 0 Å². The van der Waals surface area contributed by atoms with Crippen molar-refractivity contribution in [2.24, 2.45) is 0 Å². The number of piperazine rings is 1. The number of rotatable bonds is 5. The molecule has 1 aromatic carbocycles. The topological polar surface area (TPSA) is 94.2 Å². The van der Waals surface area contributed by atoms with Gasteiger partial charge in [0.1, 0.15) is 16.9 Å². The van der Waals surface area contributed by atoms with Gasteiger partial charge in [-0.3, -0.25) is 14.5 Å². The Labute approximate surface area is 190 Å². The van der Waals surface area contributed by atoms with Crippen LogP contribution in [-0.2, 0) is 6.54 Å². The van der Waals surface area contributed by atoms with Crippen molar-refractivity contribution in [2.75, 3.05) is 31.1 Å². The monoisotopic (exact) mass is 450 g/mol. The Balaban J connectivity index is 1.23. The van der Waals surface area contributed by atoms with Crippen molar-refractivity contribution in [3.63, 3.8) is 0 Å². The van der Waals surface area contributed by atoms with E-state index in [4.69, 9.17) is 0 Å². The lowest BCUT2D eigenvalue weighted by atomic mass is 10.1. The molecule has 2 N–H and O–H groups in total. The Morgan fingerprint density at radius 2 is 1.88 bits per heavy atom. The van der Waals surface area contributed by atoms with Gasteiger partial charge in [0.05, 0.1) is 16.9 Å². The first-order chi connectivity index (χ1) is 15.9. The lowest BCUT2D eigenvalue weighted by Gasteiger charge is -2.36. The number of nitrogens with zero attached hydrogens (tertiary/aromatic N) is 4. The number of halogens is 1. The third-order valence-corrected chi connectivity index (χ3v) is 6.30. The summed E-state index contributed by atoms with van der Waals surface area (Å²) in [4.78, 5) is 40.0. The number of hydrogen-bond acceptors (Lipinski definition) is 6. The standard InChI is InChI=1S/C24H27FN6O2/c1-14-21(6-5-19(26-14)24(33)28-17-3-4-17)31-9-7-30(8-10-31)13-16-11-18(25)22-20(12-16)29-23(32)15(2)27-22/h5-6,11-12,17H,3-4,7-10,13H2,1-2H3,(H,28,33)(H,29,32). The zero-order chi connectivity index (χ0) is 23.1. The van der Waals surface area contributed by atoms with Crippen molar-refractivity contribution >= 4 is 22.6 Å². The molecular weight excluding hydrogens is 423 g/mol. The van der Waals surface area contributed by atoms with Crippen molar-refractivity contribution in [1.82, 2.24) is 25.2 Å². The summed E-state index contributed by atoms with van der Waals surface area (Å²) < 4.78 is 14.6. The Morgan fingerprint density at radius 1 is 1.12 bits per heavy atom. The summed E-state index contributed by atoms with van der Waals surface area (Å²) in [6.45, 7) is 7.34. The van der Waals surface area contributed by atoms with Gasteiger partial charge in [-0.1, -0.05) is 0 Å². The average Bonchev–Trinajstić information content (AvgIpc) is 3.60. The summed E-state index contributed by atoms with van der Waals surface area (Å²) in [7, 11) is 0. The van der Waals surface area contributed by atoms with Gasteiger partial charge in [0.15, 0.2) is 5.82 Å². The molecule has 172 valence electrons. The first-order valence-electron chi connectivity index (χ1n) is 11.3. The van der Waals surface area contributed by atoms with E-state index in [-0.39, 0.29) is 22.7 Å². The molecule has 5 rings (SSSR count). The molecule has 1 aliphatic heterocycles. The van der Waals surface area contributed by atoms with E-state index in [2.05, 4.69) is 30.1 Å². The van der Waals surface area contributed by atoms with Crippen molar-refractivity contribution < 1.29 is 9.18 Å². The SMILES string of the molecule is Cc1nc(C(=O)NC2CC2)ccc1N1CCN(Cc2cc(F)c3nc(C)c(=O)[nH]c3c2)CC1. The molecule has 0 spiro atoms. The van der Waals surface area contributed by atoms with E-state index in [9.17, 15) is 14.0 Å². The Hall–Kier alpha value is -3.33. The molecule has 2 fully saturated rings. The highest BCUT2D eigenvalue weighted by Gasteiger charge is 2.25. The highest BCUT2D eigenvalue weighted by Crippen LogP contribution is 2.23. The number of hydrogen-bond donors (Lipinski definition) is 2. The molecule has 0 bridgehead atoms. The number of fused-ring (bicyclic) bond motifs is 1. The van der Waals surface area contributed by atoms with Gasteiger partial charge in [0, 0.05) is 38.8 Å². The zero-order valence-corrected chi connectivity index (χ0v) is 18.8. The first kappa shape index (κ1) is 21.5. The van der Waals surface area contributed by atoms with Crippen LogP contribution in [0.4, 0.5) is 10.1 Å². The van der Waals surface area contributed by atoms with Gasteiger partial charge in [-0.25, -0.2) is 14.4 Å². The third kappa shape index (κ3) is 4.59. The summed E-state index contributed by atoms with van der Waals surface area (Å²) >= 11 is 0. The lowest BCUT2D eigenvalue weighted by Crippen LogP contribution is -2.46. The highest BCUT2D eigenvalue weighted by molar-refractivity contribution is 5.93. The molecule has 0 atom stereocenters. The van der Waals surface area contributed by atoms with Crippen LogP contribution >= 0.6 is 0 Å². The fourth-order valence-corrected chi connectivity index (χ4v) is 4.29. The fraction of sp³-hybridized carbons (Fsp3) is 0.417. The highest BCUT2D eigenvalue weighted by atomic mass is 19.1. The molecule has 8 nitrogen and oxygen atoms in total. The summed E-state index contributed by atoms with van der Waals surface area (Å²) in [5.74, 6) is -0.528. The molecule has 1 aliphatic carbocycles. The first-order valence-corrected chi connectivity index (χ1v) is 11.3. The maximum atomic E-state index is 14.6. The maximum absolute atomic E-state index is 14.6. The Morgan fingerprint density at radius 3 is 2.58 bits per heavy atom. The van der Waals surface area contributed by atoms with Crippen LogP contribution in [0.3, 0.4) is 0 Å². The summed E-state index contributed by atoms with van der Waals surface area (Å²) in [6, 6.07) is 7.38. The minimum absolute atomic E-state index is 0.105. The molecule has 3 heterocycles. The van der Waals surface area contributed by atoms with Crippen LogP contribution in [0.15, 0.2) is 29.1 Å². The van der Waals surface area contributed by atoms with Crippen LogP contribution in [0, 0.1) is 19.7 Å². The molecular formula is C24H27FN6O2. The van der Waals surface area contributed by atoms with Crippen LogP contribution in [-0.4, -0.2) is 58.0 Å². The van der Waals surface area contributed by atoms with Crippen molar-refractivity contribution in [2.45, 2.75) is 39.3 Å². The molecule has 3 aromatic rings. The van der Waals surface area contributed by atoms with Crippen LogP contribution in [0.25, 0.3) is 11.0 Å². The van der Waals surface area contributed by atoms with E-state index in [0.717, 1.165) is 56.0 Å². The molecule has 0 radical (unpaired) electrons. The normalized spacial score (nSPS) is 16.9. The summed E-state index contributed by atoms with van der Waals surface area (Å²) in [5, 5.41) is 2.97. The lowest BCUT2D eigenvalue weighted by molar-refractivity contribution is 0.0946. The Bertz CT molecular complexity index is 1280. The van der Waals surface area contributed by atoms with Crippen molar-refractivity contribution in [3.05, 3.63) is 63.1 Å². The van der Waals surface area contributed by atoms with E-state index < -0.39 is 5.82 Å². The molecule has 33 heavy (non-hydrogen) atoms. The van der Waals surface area contributed by atoms with Crippen LogP contribution in [0.1, 0.15) is 40.3 Å². The average molecular weight is 451 g/mol. The quantitative estimate of drug-likeness (QED) is 0.620. The van der Waals surface area contributed by atoms with Gasteiger partial charge in [0.2, 0.25) is 0 Å². The number of aryl methyl sites for hydroxylation is 2. The second-order valence-corrected chi connectivity index (χ2v) is 8.94. The van der Waals surface area contributed by atoms with Gasteiger partial charge in [0.25, 0.3) is 11.5 Å². The van der Waals surface area contributed by atoms with Gasteiger partial charge in [-0.15, -0.1) is 0 Å². The number of nitrogens with one attached hydrogen (secondary N) is 2. The van der Waals surface area contributed by atoms with E-state index in [0.29, 0.717) is 23.8 Å². The predicted octanol–water partition coefficient (Wildman–Crippen LogP) is 2.29. The number of aromatic amines is 1. The Kier molecular flexibility index (Phi) is 5.57. The molecule has 1 saturated carbocycles. The second-order valence-electron chi connectivity index (χ2n) is 8.94. The maximum Gasteiger partial charge on any atom is 0.270 e. The van der Waals surface area contributed by atoms with E-state index in [1.54, 1.807) is 19.1 Å². The molecule has 1 saturated heterocycles. The predicted molar refractivity (Wildman–Crippen MR) is 124 cm³/mol. The number of anilines is 1. The summed E-state index contributed by atoms with van der Waals surface area (Å²) in [6.07, 6.45) is 2.10. The van der Waals surface area contributed by atoms with Gasteiger partial charge < -0.3 is 15.2 Å². The molecule has 2 aromatic heterocycles. The minimum Gasteiger partial charge on any atom is -0.368 e. The number of pyridine rings is 1. The number of benzene rings is 1. The molecule has 2 aliphatic rings. The van der Waals surface area contributed by atoms with Crippen LogP contribution in [0.5, 0.6) is 0 Å². The van der Waals surface area contributed by atoms with E-state index in [1.807, 2.05) is 13.0 Å². The summed E-state index contributed by atoms with van der Waals surface area (Å²) in [5.41, 5.74) is 3.72. The van der Waals surface area contributed by atoms with Crippen LogP contribution < -0.4 is 15.8 Å². The number of carbonyl (C=O) groups is 1. The van der Waals surface area contributed by atoms with Gasteiger partial charge in [-0.2, -0.15) is 0 Å². The largest absolute Gasteiger partial charge is 0.368 e. The number of carbonyl (C=O) groups excluding carboxylic acids is 1. The molecule has 1 amide bonds. The number of amides is 1. The van der Waals surface area contributed by atoms with E-state index >= 15 is 0 Å². The van der Waals surface area contributed by atoms with Crippen LogP contribution in [0.2, 0.25) is 0 Å². The zero-order valence-electron chi connectivity index (χ0n) is 18.8. The smallest absolute Gasteiger partial charge is 0.270 e. The fourth-order valence-electron chi connectivity index (χ4n) is 4.29. The minimum atomic E-state index is -0.423. The molecule has 0 unspecified atom stereocenters.